The molecule has 0 saturated heterocycles. The Morgan fingerprint density at radius 1 is 1.19 bits per heavy atom. The van der Waals surface area contributed by atoms with Crippen LogP contribution in [0.2, 0.25) is 0 Å². The predicted octanol–water partition coefficient (Wildman–Crippen LogP) is 4.37. The molecule has 21 heavy (non-hydrogen) atoms. The molecule has 0 heterocycles. The molecule has 3 heteroatoms. The molecule has 1 unspecified atom stereocenters. The van der Waals surface area contributed by atoms with E-state index in [2.05, 4.69) is 28.9 Å². The van der Waals surface area contributed by atoms with Gasteiger partial charge < -0.3 is 10.2 Å². The smallest absolute Gasteiger partial charge is 0.130 e. The molecule has 0 amide bonds. The van der Waals surface area contributed by atoms with Gasteiger partial charge in [-0.05, 0) is 101 Å². The summed E-state index contributed by atoms with van der Waals surface area (Å²) >= 11 is 3.48. The monoisotopic (exact) mass is 350 g/mol. The van der Waals surface area contributed by atoms with Crippen molar-refractivity contribution in [3.8, 4) is 5.75 Å². The normalized spacial score (nSPS) is 41.3. The molecule has 0 aromatic heterocycles. The zero-order chi connectivity index (χ0) is 14.8. The van der Waals surface area contributed by atoms with Crippen LogP contribution in [0.15, 0.2) is 16.6 Å². The Morgan fingerprint density at radius 3 is 2.81 bits per heavy atom. The number of hydrogen-bond donors (Lipinski definition) is 2. The van der Waals surface area contributed by atoms with Gasteiger partial charge in [0, 0.05) is 0 Å². The van der Waals surface area contributed by atoms with Crippen LogP contribution in [0.5, 0.6) is 5.75 Å². The van der Waals surface area contributed by atoms with Crippen molar-refractivity contribution in [3.05, 3.63) is 27.7 Å². The summed E-state index contributed by atoms with van der Waals surface area (Å²) in [6, 6.07) is 4.10. The number of aromatic hydroxyl groups is 1. The third-order valence-electron chi connectivity index (χ3n) is 6.74. The van der Waals surface area contributed by atoms with Crippen LogP contribution in [-0.2, 0) is 6.42 Å². The highest BCUT2D eigenvalue weighted by Crippen LogP contribution is 2.61. The molecule has 2 N–H and O–H groups in total. The third-order valence-corrected chi connectivity index (χ3v) is 7.38. The highest BCUT2D eigenvalue weighted by atomic mass is 79.9. The van der Waals surface area contributed by atoms with Gasteiger partial charge in [-0.3, -0.25) is 0 Å². The SMILES string of the molecule is C[C@]12CC[C@@H]3c4cc(Br)c(O)cc4CC[C@@H]3[C@@H]1CCC2O. The van der Waals surface area contributed by atoms with Gasteiger partial charge in [-0.1, -0.05) is 6.92 Å². The van der Waals surface area contributed by atoms with E-state index in [0.29, 0.717) is 23.5 Å². The Balaban J connectivity index is 1.73. The molecule has 0 radical (unpaired) electrons. The van der Waals surface area contributed by atoms with Crippen LogP contribution < -0.4 is 0 Å². The van der Waals surface area contributed by atoms with Gasteiger partial charge in [-0.25, -0.2) is 0 Å². The lowest BCUT2D eigenvalue weighted by Crippen LogP contribution is -2.43. The van der Waals surface area contributed by atoms with Gasteiger partial charge in [-0.15, -0.1) is 0 Å². The average Bonchev–Trinajstić information content (AvgIpc) is 2.76. The second-order valence-electron chi connectivity index (χ2n) is 7.56. The van der Waals surface area contributed by atoms with Crippen LogP contribution >= 0.6 is 15.9 Å². The topological polar surface area (TPSA) is 40.5 Å². The van der Waals surface area contributed by atoms with Crippen molar-refractivity contribution < 1.29 is 10.2 Å². The Hall–Kier alpha value is -0.540. The molecule has 5 atom stereocenters. The minimum absolute atomic E-state index is 0.101. The van der Waals surface area contributed by atoms with E-state index in [1.165, 1.54) is 30.4 Å². The highest BCUT2D eigenvalue weighted by Gasteiger charge is 2.54. The molecule has 2 saturated carbocycles. The van der Waals surface area contributed by atoms with Crippen LogP contribution in [0.1, 0.15) is 56.1 Å². The van der Waals surface area contributed by atoms with Crippen LogP contribution in [0, 0.1) is 17.3 Å². The van der Waals surface area contributed by atoms with Crippen molar-refractivity contribution in [1.29, 1.82) is 0 Å². The molecule has 0 spiro atoms. The molecule has 1 aromatic carbocycles. The van der Waals surface area contributed by atoms with Gasteiger partial charge in [0.2, 0.25) is 0 Å². The zero-order valence-corrected chi connectivity index (χ0v) is 14.1. The van der Waals surface area contributed by atoms with Crippen molar-refractivity contribution in [2.45, 2.75) is 57.5 Å². The minimum Gasteiger partial charge on any atom is -0.507 e. The Kier molecular flexibility index (Phi) is 3.17. The van der Waals surface area contributed by atoms with Gasteiger partial charge in [0.1, 0.15) is 5.75 Å². The first-order valence-corrected chi connectivity index (χ1v) is 8.99. The molecule has 114 valence electrons. The summed E-state index contributed by atoms with van der Waals surface area (Å²) in [4.78, 5) is 0. The second kappa shape index (κ2) is 4.73. The van der Waals surface area contributed by atoms with Gasteiger partial charge in [0.05, 0.1) is 10.6 Å². The molecule has 4 rings (SSSR count). The minimum atomic E-state index is -0.101. The van der Waals surface area contributed by atoms with Gasteiger partial charge in [-0.2, -0.15) is 0 Å². The van der Waals surface area contributed by atoms with Crippen LogP contribution in [0.4, 0.5) is 0 Å². The maximum absolute atomic E-state index is 10.4. The van der Waals surface area contributed by atoms with Gasteiger partial charge in [0.15, 0.2) is 0 Å². The number of phenolic OH excluding ortho intramolecular Hbond substituents is 1. The first kappa shape index (κ1) is 14.1. The van der Waals surface area contributed by atoms with E-state index in [9.17, 15) is 10.2 Å². The summed E-state index contributed by atoms with van der Waals surface area (Å²) in [6.07, 6.45) is 6.67. The van der Waals surface area contributed by atoms with E-state index in [-0.39, 0.29) is 11.5 Å². The molecule has 2 nitrogen and oxygen atoms in total. The Morgan fingerprint density at radius 2 is 2.00 bits per heavy atom. The van der Waals surface area contributed by atoms with Crippen molar-refractivity contribution in [2.24, 2.45) is 17.3 Å². The number of aliphatic hydroxyl groups excluding tert-OH is 1. The van der Waals surface area contributed by atoms with Crippen LogP contribution in [-0.4, -0.2) is 16.3 Å². The molecular weight excluding hydrogens is 328 g/mol. The Bertz CT molecular complexity index is 585. The molecule has 3 aliphatic rings. The van der Waals surface area contributed by atoms with Crippen LogP contribution in [0.25, 0.3) is 0 Å². The fourth-order valence-corrected chi connectivity index (χ4v) is 5.91. The lowest BCUT2D eigenvalue weighted by molar-refractivity contribution is -0.0226. The average molecular weight is 351 g/mol. The molecular formula is C18H23BrO2. The number of halogens is 1. The van der Waals surface area contributed by atoms with Crippen molar-refractivity contribution in [1.82, 2.24) is 0 Å². The first-order chi connectivity index (χ1) is 10.0. The number of aliphatic hydroxyl groups is 1. The van der Waals surface area contributed by atoms with E-state index in [1.54, 1.807) is 0 Å². The molecule has 0 aliphatic heterocycles. The van der Waals surface area contributed by atoms with Crippen LogP contribution in [0.3, 0.4) is 0 Å². The third kappa shape index (κ3) is 1.93. The highest BCUT2D eigenvalue weighted by molar-refractivity contribution is 9.10. The fraction of sp³-hybridized carbons (Fsp3) is 0.667. The number of phenols is 1. The summed E-state index contributed by atoms with van der Waals surface area (Å²) in [5.74, 6) is 2.37. The van der Waals surface area contributed by atoms with Gasteiger partial charge >= 0.3 is 0 Å². The quantitative estimate of drug-likeness (QED) is 0.729. The second-order valence-corrected chi connectivity index (χ2v) is 8.41. The van der Waals surface area contributed by atoms with E-state index in [1.807, 2.05) is 6.07 Å². The largest absolute Gasteiger partial charge is 0.507 e. The standard InChI is InChI=1S/C18H23BrO2/c1-18-7-6-11-12(14(18)4-5-17(18)21)3-2-10-8-16(20)15(19)9-13(10)11/h8-9,11-12,14,17,20-21H,2-7H2,1H3/t11-,12-,14-,17?,18-/m0/s1. The summed E-state index contributed by atoms with van der Waals surface area (Å²) in [6.45, 7) is 2.31. The van der Waals surface area contributed by atoms with Crippen molar-refractivity contribution in [2.75, 3.05) is 0 Å². The number of hydrogen-bond acceptors (Lipinski definition) is 2. The number of benzene rings is 1. The Labute approximate surface area is 134 Å². The lowest BCUT2D eigenvalue weighted by Gasteiger charge is -2.50. The summed E-state index contributed by atoms with van der Waals surface area (Å²) in [5.41, 5.74) is 2.92. The number of fused-ring (bicyclic) bond motifs is 5. The molecule has 0 bridgehead atoms. The van der Waals surface area contributed by atoms with E-state index >= 15 is 0 Å². The van der Waals surface area contributed by atoms with Crippen molar-refractivity contribution >= 4 is 15.9 Å². The predicted molar refractivity (Wildman–Crippen MR) is 86.4 cm³/mol. The number of rotatable bonds is 0. The van der Waals surface area contributed by atoms with Crippen molar-refractivity contribution in [3.63, 3.8) is 0 Å². The van der Waals surface area contributed by atoms with E-state index in [0.717, 1.165) is 23.7 Å². The maximum atomic E-state index is 10.4. The first-order valence-electron chi connectivity index (χ1n) is 8.20. The fourth-order valence-electron chi connectivity index (χ4n) is 5.55. The summed E-state index contributed by atoms with van der Waals surface area (Å²) in [5, 5.41) is 20.3. The summed E-state index contributed by atoms with van der Waals surface area (Å²) < 4.78 is 0.821. The lowest BCUT2D eigenvalue weighted by atomic mass is 9.55. The van der Waals surface area contributed by atoms with Gasteiger partial charge in [0.25, 0.3) is 0 Å². The number of aryl methyl sites for hydroxylation is 1. The van der Waals surface area contributed by atoms with E-state index < -0.39 is 0 Å². The molecule has 1 aromatic rings. The summed E-state index contributed by atoms with van der Waals surface area (Å²) in [7, 11) is 0. The molecule has 2 fully saturated rings. The zero-order valence-electron chi connectivity index (χ0n) is 12.5. The molecule has 3 aliphatic carbocycles. The maximum Gasteiger partial charge on any atom is 0.130 e. The van der Waals surface area contributed by atoms with E-state index in [4.69, 9.17) is 0 Å².